The number of phenols is 1. The molecule has 1 N–H and O–H groups in total. The van der Waals surface area contributed by atoms with Gasteiger partial charge in [-0.3, -0.25) is 4.79 Å². The van der Waals surface area contributed by atoms with Crippen LogP contribution in [-0.4, -0.2) is 10.7 Å². The summed E-state index contributed by atoms with van der Waals surface area (Å²) in [5.74, 6) is 0.699. The van der Waals surface area contributed by atoms with E-state index in [1.165, 1.54) is 6.07 Å². The first kappa shape index (κ1) is 19.9. The second-order valence-corrected chi connectivity index (χ2v) is 8.28. The van der Waals surface area contributed by atoms with Gasteiger partial charge in [-0.15, -0.1) is 0 Å². The number of phenolic OH excluding ortho intramolecular Hbond substituents is 1. The molecule has 0 bridgehead atoms. The van der Waals surface area contributed by atoms with Crippen LogP contribution >= 0.6 is 0 Å². The SMILES string of the molecule is CC1(C)C=Cc2c(O)cc3oc(-c4ccccc4)c(OCc4ccccc4)c(=O)c3c2O1. The maximum Gasteiger partial charge on any atom is 0.239 e. The van der Waals surface area contributed by atoms with Crippen molar-refractivity contribution in [2.45, 2.75) is 26.1 Å². The molecule has 0 saturated heterocycles. The average Bonchev–Trinajstić information content (AvgIpc) is 2.78. The van der Waals surface area contributed by atoms with E-state index in [1.54, 1.807) is 6.08 Å². The van der Waals surface area contributed by atoms with Gasteiger partial charge in [0.05, 0.1) is 5.56 Å². The minimum atomic E-state index is -0.636. The molecule has 0 radical (unpaired) electrons. The van der Waals surface area contributed by atoms with Crippen molar-refractivity contribution >= 4 is 17.0 Å². The molecule has 160 valence electrons. The van der Waals surface area contributed by atoms with Crippen molar-refractivity contribution in [1.29, 1.82) is 0 Å². The van der Waals surface area contributed by atoms with Crippen LogP contribution in [0.1, 0.15) is 25.0 Å². The molecule has 0 spiro atoms. The van der Waals surface area contributed by atoms with E-state index in [4.69, 9.17) is 13.9 Å². The van der Waals surface area contributed by atoms with E-state index in [0.717, 1.165) is 5.56 Å². The van der Waals surface area contributed by atoms with Crippen LogP contribution in [0, 0.1) is 0 Å². The predicted molar refractivity (Wildman–Crippen MR) is 124 cm³/mol. The number of ether oxygens (including phenoxy) is 2. The molecule has 1 aliphatic heterocycles. The molecule has 0 unspecified atom stereocenters. The normalized spacial score (nSPS) is 14.1. The monoisotopic (exact) mass is 426 g/mol. The number of hydrogen-bond acceptors (Lipinski definition) is 5. The molecule has 2 heterocycles. The maximum atomic E-state index is 13.8. The summed E-state index contributed by atoms with van der Waals surface area (Å²) in [6.07, 6.45) is 3.61. The number of aromatic hydroxyl groups is 1. The highest BCUT2D eigenvalue weighted by atomic mass is 16.5. The summed E-state index contributed by atoms with van der Waals surface area (Å²) >= 11 is 0. The number of fused-ring (bicyclic) bond motifs is 3. The Bertz CT molecular complexity index is 1380. The Balaban J connectivity index is 1.75. The summed E-state index contributed by atoms with van der Waals surface area (Å²) < 4.78 is 18.3. The molecule has 0 amide bonds. The molecule has 3 aromatic carbocycles. The van der Waals surface area contributed by atoms with E-state index in [1.807, 2.05) is 80.6 Å². The molecule has 0 aliphatic carbocycles. The van der Waals surface area contributed by atoms with Gasteiger partial charge in [0, 0.05) is 11.6 Å². The first-order valence-electron chi connectivity index (χ1n) is 10.4. The average molecular weight is 426 g/mol. The lowest BCUT2D eigenvalue weighted by Gasteiger charge is -2.29. The number of benzene rings is 3. The highest BCUT2D eigenvalue weighted by Gasteiger charge is 2.29. The molecular formula is C27H22O5. The Morgan fingerprint density at radius 2 is 1.69 bits per heavy atom. The van der Waals surface area contributed by atoms with Gasteiger partial charge in [0.2, 0.25) is 11.2 Å². The van der Waals surface area contributed by atoms with Gasteiger partial charge in [-0.05, 0) is 31.6 Å². The van der Waals surface area contributed by atoms with Gasteiger partial charge in [-0.1, -0.05) is 60.7 Å². The summed E-state index contributed by atoms with van der Waals surface area (Å²) in [6, 6.07) is 20.4. The molecule has 0 saturated carbocycles. The fourth-order valence-corrected chi connectivity index (χ4v) is 3.79. The van der Waals surface area contributed by atoms with E-state index in [9.17, 15) is 9.90 Å². The van der Waals surface area contributed by atoms with Crippen molar-refractivity contribution in [3.05, 3.63) is 94.2 Å². The van der Waals surface area contributed by atoms with Crippen LogP contribution in [0.2, 0.25) is 0 Å². The molecular weight excluding hydrogens is 404 g/mol. The smallest absolute Gasteiger partial charge is 0.239 e. The first-order chi connectivity index (χ1) is 15.4. The van der Waals surface area contributed by atoms with Crippen LogP contribution in [0.15, 0.2) is 82.0 Å². The molecule has 1 aliphatic rings. The molecule has 1 aromatic heterocycles. The fourth-order valence-electron chi connectivity index (χ4n) is 3.79. The summed E-state index contributed by atoms with van der Waals surface area (Å²) in [7, 11) is 0. The van der Waals surface area contributed by atoms with Crippen LogP contribution in [0.25, 0.3) is 28.4 Å². The molecule has 32 heavy (non-hydrogen) atoms. The number of hydrogen-bond donors (Lipinski definition) is 1. The Morgan fingerprint density at radius 3 is 2.41 bits per heavy atom. The minimum Gasteiger partial charge on any atom is -0.507 e. The predicted octanol–water partition coefficient (Wildman–Crippen LogP) is 5.93. The van der Waals surface area contributed by atoms with E-state index in [2.05, 4.69) is 0 Å². The second-order valence-electron chi connectivity index (χ2n) is 8.28. The van der Waals surface area contributed by atoms with Crippen molar-refractivity contribution < 1.29 is 19.0 Å². The van der Waals surface area contributed by atoms with Gasteiger partial charge in [0.25, 0.3) is 0 Å². The lowest BCUT2D eigenvalue weighted by atomic mass is 9.99. The van der Waals surface area contributed by atoms with Gasteiger partial charge in [0.15, 0.2) is 5.76 Å². The van der Waals surface area contributed by atoms with E-state index < -0.39 is 5.60 Å². The van der Waals surface area contributed by atoms with Crippen molar-refractivity contribution in [3.63, 3.8) is 0 Å². The Morgan fingerprint density at radius 1 is 1.00 bits per heavy atom. The maximum absolute atomic E-state index is 13.8. The highest BCUT2D eigenvalue weighted by molar-refractivity contribution is 5.93. The van der Waals surface area contributed by atoms with Gasteiger partial charge < -0.3 is 19.0 Å². The van der Waals surface area contributed by atoms with Gasteiger partial charge in [-0.25, -0.2) is 0 Å². The quantitative estimate of drug-likeness (QED) is 0.438. The summed E-state index contributed by atoms with van der Waals surface area (Å²) in [4.78, 5) is 13.8. The standard InChI is InChI=1S/C27H22O5/c1-27(2)14-13-19-20(28)15-21-22(25(19)32-27)23(29)26(30-16-17-9-5-3-6-10-17)24(31-21)18-11-7-4-8-12-18/h3-15,28H,16H2,1-2H3. The van der Waals surface area contributed by atoms with Crippen LogP contribution in [0.4, 0.5) is 0 Å². The van der Waals surface area contributed by atoms with Crippen LogP contribution in [0.3, 0.4) is 0 Å². The zero-order chi connectivity index (χ0) is 22.3. The van der Waals surface area contributed by atoms with E-state index in [0.29, 0.717) is 22.6 Å². The topological polar surface area (TPSA) is 68.9 Å². The van der Waals surface area contributed by atoms with Gasteiger partial charge in [0.1, 0.15) is 34.7 Å². The van der Waals surface area contributed by atoms with Crippen LogP contribution < -0.4 is 14.9 Å². The molecule has 0 atom stereocenters. The van der Waals surface area contributed by atoms with Crippen LogP contribution in [0.5, 0.6) is 17.2 Å². The van der Waals surface area contributed by atoms with Crippen molar-refractivity contribution in [2.75, 3.05) is 0 Å². The van der Waals surface area contributed by atoms with E-state index >= 15 is 0 Å². The Hall–Kier alpha value is -3.99. The van der Waals surface area contributed by atoms with Crippen LogP contribution in [-0.2, 0) is 6.61 Å². The third-order valence-electron chi connectivity index (χ3n) is 5.39. The lowest BCUT2D eigenvalue weighted by Crippen LogP contribution is -2.28. The second kappa shape index (κ2) is 7.61. The molecule has 5 rings (SSSR count). The van der Waals surface area contributed by atoms with Gasteiger partial charge in [-0.2, -0.15) is 0 Å². The third kappa shape index (κ3) is 3.52. The molecule has 4 aromatic rings. The zero-order valence-electron chi connectivity index (χ0n) is 17.8. The largest absolute Gasteiger partial charge is 0.507 e. The number of rotatable bonds is 4. The molecule has 0 fully saturated rings. The van der Waals surface area contributed by atoms with Gasteiger partial charge >= 0.3 is 0 Å². The molecule has 5 nitrogen and oxygen atoms in total. The zero-order valence-corrected chi connectivity index (χ0v) is 17.8. The fraction of sp³-hybridized carbons (Fsp3) is 0.148. The highest BCUT2D eigenvalue weighted by Crippen LogP contribution is 2.43. The lowest BCUT2D eigenvalue weighted by molar-refractivity contribution is 0.160. The van der Waals surface area contributed by atoms with Crippen molar-refractivity contribution in [1.82, 2.24) is 0 Å². The third-order valence-corrected chi connectivity index (χ3v) is 5.39. The minimum absolute atomic E-state index is 0.0145. The first-order valence-corrected chi connectivity index (χ1v) is 10.4. The Labute approximate surface area is 185 Å². The summed E-state index contributed by atoms with van der Waals surface area (Å²) in [6.45, 7) is 3.98. The van der Waals surface area contributed by atoms with E-state index in [-0.39, 0.29) is 34.5 Å². The van der Waals surface area contributed by atoms with Crippen molar-refractivity contribution in [2.24, 2.45) is 0 Å². The molecule has 5 heteroatoms. The summed E-state index contributed by atoms with van der Waals surface area (Å²) in [5, 5.41) is 10.8. The summed E-state index contributed by atoms with van der Waals surface area (Å²) in [5.41, 5.74) is 1.34. The van der Waals surface area contributed by atoms with Crippen molar-refractivity contribution in [3.8, 4) is 28.6 Å². The Kier molecular flexibility index (Phi) is 4.74.